The van der Waals surface area contributed by atoms with Gasteiger partial charge in [0.2, 0.25) is 0 Å². The molecule has 0 aromatic carbocycles. The second-order valence-electron chi connectivity index (χ2n) is 5.33. The molecule has 2 aliphatic rings. The zero-order valence-corrected chi connectivity index (χ0v) is 12.4. The maximum atomic E-state index is 11.6. The van der Waals surface area contributed by atoms with Crippen molar-refractivity contribution in [2.45, 2.75) is 50.9 Å². The molecule has 5 nitrogen and oxygen atoms in total. The molecule has 0 radical (unpaired) electrons. The summed E-state index contributed by atoms with van der Waals surface area (Å²) >= 11 is 0. The van der Waals surface area contributed by atoms with Gasteiger partial charge in [-0.15, -0.1) is 0 Å². The van der Waals surface area contributed by atoms with Crippen molar-refractivity contribution in [2.75, 3.05) is 31.3 Å². The first-order chi connectivity index (χ1) is 9.05. The van der Waals surface area contributed by atoms with Gasteiger partial charge < -0.3 is 14.2 Å². The van der Waals surface area contributed by atoms with Gasteiger partial charge in [0.1, 0.15) is 0 Å². The van der Waals surface area contributed by atoms with Gasteiger partial charge in [-0.3, -0.25) is 0 Å². The fourth-order valence-corrected chi connectivity index (χ4v) is 3.91. The second kappa shape index (κ2) is 6.52. The molecule has 1 aliphatic heterocycles. The molecule has 112 valence electrons. The lowest BCUT2D eigenvalue weighted by Gasteiger charge is -2.35. The van der Waals surface area contributed by atoms with Crippen LogP contribution in [0.5, 0.6) is 0 Å². The van der Waals surface area contributed by atoms with Crippen LogP contribution in [-0.4, -0.2) is 51.6 Å². The zero-order valence-electron chi connectivity index (χ0n) is 11.6. The van der Waals surface area contributed by atoms with Crippen molar-refractivity contribution >= 4 is 9.84 Å². The Morgan fingerprint density at radius 3 is 2.37 bits per heavy atom. The molecule has 2 fully saturated rings. The quantitative estimate of drug-likeness (QED) is 0.742. The van der Waals surface area contributed by atoms with Crippen molar-refractivity contribution in [3.05, 3.63) is 0 Å². The molecule has 0 aromatic rings. The molecule has 0 atom stereocenters. The van der Waals surface area contributed by atoms with E-state index in [4.69, 9.17) is 14.2 Å². The molecule has 1 heterocycles. The first kappa shape index (κ1) is 15.2. The third kappa shape index (κ3) is 4.41. The van der Waals surface area contributed by atoms with E-state index in [0.717, 1.165) is 25.7 Å². The Morgan fingerprint density at radius 2 is 1.79 bits per heavy atom. The lowest BCUT2D eigenvalue weighted by atomic mass is 9.92. The van der Waals surface area contributed by atoms with Gasteiger partial charge in [0.05, 0.1) is 31.7 Å². The van der Waals surface area contributed by atoms with Gasteiger partial charge in [0.15, 0.2) is 15.6 Å². The number of hydrogen-bond acceptors (Lipinski definition) is 5. The van der Waals surface area contributed by atoms with Crippen LogP contribution in [0.3, 0.4) is 0 Å². The van der Waals surface area contributed by atoms with Crippen LogP contribution in [0.15, 0.2) is 0 Å². The first-order valence-electron chi connectivity index (χ1n) is 7.15. The number of ether oxygens (including phenoxy) is 3. The van der Waals surface area contributed by atoms with Crippen LogP contribution in [0.1, 0.15) is 39.0 Å². The molecule has 6 heteroatoms. The normalized spacial score (nSPS) is 24.1. The molecule has 0 unspecified atom stereocenters. The smallest absolute Gasteiger partial charge is 0.168 e. The second-order valence-corrected chi connectivity index (χ2v) is 7.63. The summed E-state index contributed by atoms with van der Waals surface area (Å²) in [5.41, 5.74) is 0. The molecule has 1 saturated heterocycles. The van der Waals surface area contributed by atoms with E-state index < -0.39 is 9.84 Å². The van der Waals surface area contributed by atoms with E-state index in [9.17, 15) is 8.42 Å². The van der Waals surface area contributed by atoms with Crippen LogP contribution in [0.25, 0.3) is 0 Å². The Morgan fingerprint density at radius 1 is 1.16 bits per heavy atom. The fourth-order valence-electron chi connectivity index (χ4n) is 2.74. The van der Waals surface area contributed by atoms with E-state index in [1.165, 1.54) is 0 Å². The molecule has 2 rings (SSSR count). The summed E-state index contributed by atoms with van der Waals surface area (Å²) in [6.07, 6.45) is 4.28. The van der Waals surface area contributed by atoms with E-state index in [-0.39, 0.29) is 23.4 Å². The van der Waals surface area contributed by atoms with E-state index in [1.807, 2.05) is 6.92 Å². The minimum absolute atomic E-state index is 0.134. The average molecular weight is 292 g/mol. The van der Waals surface area contributed by atoms with Crippen LogP contribution in [-0.2, 0) is 24.0 Å². The Bertz CT molecular complexity index is 362. The van der Waals surface area contributed by atoms with Gasteiger partial charge >= 0.3 is 0 Å². The molecule has 0 amide bonds. The molecule has 19 heavy (non-hydrogen) atoms. The highest BCUT2D eigenvalue weighted by atomic mass is 32.2. The highest BCUT2D eigenvalue weighted by Gasteiger charge is 2.40. The van der Waals surface area contributed by atoms with Gasteiger partial charge in [-0.25, -0.2) is 8.42 Å². The first-order valence-corrected chi connectivity index (χ1v) is 8.97. The summed E-state index contributed by atoms with van der Waals surface area (Å²) in [6.45, 7) is 3.55. The highest BCUT2D eigenvalue weighted by molar-refractivity contribution is 7.91. The van der Waals surface area contributed by atoms with Crippen molar-refractivity contribution in [1.82, 2.24) is 0 Å². The highest BCUT2D eigenvalue weighted by Crippen LogP contribution is 2.36. The summed E-state index contributed by atoms with van der Waals surface area (Å²) in [7, 11) is -2.93. The average Bonchev–Trinajstić information content (AvgIpc) is 2.80. The number of sulfone groups is 1. The predicted molar refractivity (Wildman–Crippen MR) is 71.8 cm³/mol. The van der Waals surface area contributed by atoms with Gasteiger partial charge in [0, 0.05) is 18.6 Å². The summed E-state index contributed by atoms with van der Waals surface area (Å²) < 4.78 is 40.1. The van der Waals surface area contributed by atoms with Gasteiger partial charge in [-0.1, -0.05) is 6.92 Å². The Balaban J connectivity index is 1.66. The zero-order chi connectivity index (χ0) is 13.8. The van der Waals surface area contributed by atoms with Crippen LogP contribution in [0, 0.1) is 0 Å². The minimum Gasteiger partial charge on any atom is -0.377 e. The van der Waals surface area contributed by atoms with Gasteiger partial charge in [-0.2, -0.15) is 0 Å². The molecule has 1 saturated carbocycles. The van der Waals surface area contributed by atoms with Crippen molar-refractivity contribution in [3.63, 3.8) is 0 Å². The predicted octanol–water partition coefficient (Wildman–Crippen LogP) is 1.51. The van der Waals surface area contributed by atoms with Crippen LogP contribution >= 0.6 is 0 Å². The van der Waals surface area contributed by atoms with E-state index >= 15 is 0 Å². The van der Waals surface area contributed by atoms with E-state index in [2.05, 4.69) is 0 Å². The molecular weight excluding hydrogens is 268 g/mol. The summed E-state index contributed by atoms with van der Waals surface area (Å²) in [4.78, 5) is 0. The van der Waals surface area contributed by atoms with Gasteiger partial charge in [0.25, 0.3) is 0 Å². The number of rotatable bonds is 6. The molecule has 0 N–H and O–H groups in total. The van der Waals surface area contributed by atoms with Crippen molar-refractivity contribution in [3.8, 4) is 0 Å². The summed E-state index contributed by atoms with van der Waals surface area (Å²) in [5, 5.41) is 0. The lowest BCUT2D eigenvalue weighted by Crippen LogP contribution is -2.38. The van der Waals surface area contributed by atoms with Crippen LogP contribution in [0.4, 0.5) is 0 Å². The maximum absolute atomic E-state index is 11.6. The Hall–Kier alpha value is -0.170. The molecule has 0 aromatic heterocycles. The Labute approximate surface area is 115 Å². The fraction of sp³-hybridized carbons (Fsp3) is 1.00. The maximum Gasteiger partial charge on any atom is 0.168 e. The Kier molecular flexibility index (Phi) is 5.22. The van der Waals surface area contributed by atoms with Crippen LogP contribution < -0.4 is 0 Å². The van der Waals surface area contributed by atoms with E-state index in [1.54, 1.807) is 0 Å². The van der Waals surface area contributed by atoms with Crippen molar-refractivity contribution in [1.29, 1.82) is 0 Å². The SMILES string of the molecule is CCCS(=O)(=O)CCOC1CCC2(CC1)OCCO2. The van der Waals surface area contributed by atoms with Gasteiger partial charge in [-0.05, 0) is 19.3 Å². The third-order valence-corrected chi connectivity index (χ3v) is 5.59. The lowest BCUT2D eigenvalue weighted by molar-refractivity contribution is -0.191. The molecule has 0 bridgehead atoms. The summed E-state index contributed by atoms with van der Waals surface area (Å²) in [6, 6.07) is 0. The largest absolute Gasteiger partial charge is 0.377 e. The molecule has 1 spiro atoms. The monoisotopic (exact) mass is 292 g/mol. The standard InChI is InChI=1S/C13H24O5S/c1-2-10-19(14,15)11-9-16-12-3-5-13(6-4-12)17-7-8-18-13/h12H,2-11H2,1H3. The van der Waals surface area contributed by atoms with Crippen molar-refractivity contribution in [2.24, 2.45) is 0 Å². The van der Waals surface area contributed by atoms with E-state index in [0.29, 0.717) is 26.2 Å². The minimum atomic E-state index is -2.93. The van der Waals surface area contributed by atoms with Crippen LogP contribution in [0.2, 0.25) is 0 Å². The third-order valence-electron chi connectivity index (χ3n) is 3.77. The number of hydrogen-bond donors (Lipinski definition) is 0. The molecular formula is C13H24O5S. The molecule has 1 aliphatic carbocycles. The summed E-state index contributed by atoms with van der Waals surface area (Å²) in [5.74, 6) is 0.0233. The van der Waals surface area contributed by atoms with Crippen molar-refractivity contribution < 1.29 is 22.6 Å². The topological polar surface area (TPSA) is 61.8 Å².